The number of nitrogens with zero attached hydrogens (tertiary/aromatic N) is 1. The van der Waals surface area contributed by atoms with E-state index in [1.54, 1.807) is 0 Å². The van der Waals surface area contributed by atoms with Gasteiger partial charge in [0.15, 0.2) is 12.4 Å². The molecule has 6 nitrogen and oxygen atoms in total. The summed E-state index contributed by atoms with van der Waals surface area (Å²) in [6.07, 6.45) is -4.30. The number of carbonyl (C=O) groups is 1. The minimum Gasteiger partial charge on any atom is -0.477 e. The summed E-state index contributed by atoms with van der Waals surface area (Å²) in [5.74, 6) is -0.520. The van der Waals surface area contributed by atoms with Crippen LogP contribution in [0.1, 0.15) is 0 Å². The molecule has 0 saturated carbocycles. The number of hydrogen-bond acceptors (Lipinski definition) is 4. The number of nitro groups is 1. The molecule has 0 bridgehead atoms. The molecule has 0 aromatic heterocycles. The van der Waals surface area contributed by atoms with Crippen molar-refractivity contribution in [2.45, 2.75) is 6.18 Å². The number of carbonyl (C=O) groups excluding carboxylic acids is 1. The van der Waals surface area contributed by atoms with E-state index < -0.39 is 29.1 Å². The van der Waals surface area contributed by atoms with Crippen molar-refractivity contribution in [3.05, 3.63) is 28.3 Å². The molecule has 0 unspecified atom stereocenters. The fourth-order valence-electron chi connectivity index (χ4n) is 1.10. The summed E-state index contributed by atoms with van der Waals surface area (Å²) < 4.78 is 40.1. The van der Waals surface area contributed by atoms with Crippen LogP contribution >= 0.6 is 0 Å². The molecule has 0 heterocycles. The molecule has 1 aromatic rings. The van der Waals surface area contributed by atoms with Gasteiger partial charge in [-0.25, -0.2) is 0 Å². The summed E-state index contributed by atoms with van der Waals surface area (Å²) >= 11 is 0. The molecule has 0 aliphatic rings. The van der Waals surface area contributed by atoms with Gasteiger partial charge in [-0.2, -0.15) is 13.2 Å². The number of ether oxygens (including phenoxy) is 1. The van der Waals surface area contributed by atoms with Crippen molar-refractivity contribution in [3.8, 4) is 5.75 Å². The average Bonchev–Trinajstić information content (AvgIpc) is 2.26. The van der Waals surface area contributed by atoms with Gasteiger partial charge in [0.25, 0.3) is 0 Å². The number of benzene rings is 1. The Kier molecular flexibility index (Phi) is 4.08. The number of nitro benzene ring substituents is 1. The van der Waals surface area contributed by atoms with Crippen LogP contribution in [0.4, 0.5) is 24.5 Å². The Morgan fingerprint density at radius 1 is 1.44 bits per heavy atom. The molecule has 0 radical (unpaired) electrons. The zero-order valence-electron chi connectivity index (χ0n) is 8.73. The maximum atomic E-state index is 11.9. The van der Waals surface area contributed by atoms with Gasteiger partial charge in [-0.05, 0) is 12.1 Å². The highest BCUT2D eigenvalue weighted by atomic mass is 19.4. The summed E-state index contributed by atoms with van der Waals surface area (Å²) in [6.45, 7) is -1.63. The fourth-order valence-corrected chi connectivity index (χ4v) is 1.10. The van der Waals surface area contributed by atoms with Gasteiger partial charge in [0, 0.05) is 11.8 Å². The topological polar surface area (TPSA) is 81.5 Å². The van der Waals surface area contributed by atoms with Gasteiger partial charge in [-0.3, -0.25) is 14.9 Å². The van der Waals surface area contributed by atoms with Gasteiger partial charge in [0.1, 0.15) is 0 Å². The number of halogens is 3. The highest BCUT2D eigenvalue weighted by Crippen LogP contribution is 2.31. The van der Waals surface area contributed by atoms with E-state index in [9.17, 15) is 28.1 Å². The molecule has 1 rings (SSSR count). The molecule has 0 aliphatic heterocycles. The zero-order chi connectivity index (χ0) is 13.8. The van der Waals surface area contributed by atoms with E-state index in [4.69, 9.17) is 0 Å². The molecule has 18 heavy (non-hydrogen) atoms. The Morgan fingerprint density at radius 2 is 2.11 bits per heavy atom. The minimum absolute atomic E-state index is 0.0797. The SMILES string of the molecule is O=CNc1ccc(OCC(F)(F)F)c([N+](=O)[O-])c1. The molecular weight excluding hydrogens is 257 g/mol. The maximum Gasteiger partial charge on any atom is 0.422 e. The van der Waals surface area contributed by atoms with Crippen LogP contribution in [0.15, 0.2) is 18.2 Å². The van der Waals surface area contributed by atoms with Crippen LogP contribution < -0.4 is 10.1 Å². The summed E-state index contributed by atoms with van der Waals surface area (Å²) in [4.78, 5) is 19.9. The highest BCUT2D eigenvalue weighted by molar-refractivity contribution is 5.73. The van der Waals surface area contributed by atoms with Crippen molar-refractivity contribution in [1.82, 2.24) is 0 Å². The normalized spacial score (nSPS) is 10.8. The molecule has 0 aliphatic carbocycles. The van der Waals surface area contributed by atoms with E-state index in [2.05, 4.69) is 10.1 Å². The summed E-state index contributed by atoms with van der Waals surface area (Å²) in [5.41, 5.74) is -0.581. The van der Waals surface area contributed by atoms with Crippen molar-refractivity contribution in [3.63, 3.8) is 0 Å². The summed E-state index contributed by atoms with van der Waals surface area (Å²) in [5, 5.41) is 12.8. The first-order valence-corrected chi connectivity index (χ1v) is 4.51. The summed E-state index contributed by atoms with van der Waals surface area (Å²) in [6, 6.07) is 3.07. The number of rotatable bonds is 5. The standard InChI is InChI=1S/C9H7F3N2O4/c10-9(11,12)4-18-8-2-1-6(13-5-15)3-7(8)14(16)17/h1-3,5H,4H2,(H,13,15). The van der Waals surface area contributed by atoms with E-state index in [0.717, 1.165) is 12.1 Å². The van der Waals surface area contributed by atoms with Crippen LogP contribution in [0.25, 0.3) is 0 Å². The second-order valence-corrected chi connectivity index (χ2v) is 3.11. The van der Waals surface area contributed by atoms with Crippen LogP contribution in [0, 0.1) is 10.1 Å². The lowest BCUT2D eigenvalue weighted by molar-refractivity contribution is -0.386. The third-order valence-corrected chi connectivity index (χ3v) is 1.77. The largest absolute Gasteiger partial charge is 0.477 e. The van der Waals surface area contributed by atoms with Crippen molar-refractivity contribution in [2.24, 2.45) is 0 Å². The second-order valence-electron chi connectivity index (χ2n) is 3.11. The van der Waals surface area contributed by atoms with Gasteiger partial charge >= 0.3 is 11.9 Å². The second kappa shape index (κ2) is 5.34. The first-order chi connectivity index (χ1) is 8.33. The fraction of sp³-hybridized carbons (Fsp3) is 0.222. The number of alkyl halides is 3. The van der Waals surface area contributed by atoms with Crippen LogP contribution in [0.5, 0.6) is 5.75 Å². The Balaban J connectivity index is 2.96. The summed E-state index contributed by atoms with van der Waals surface area (Å²) in [7, 11) is 0. The van der Waals surface area contributed by atoms with Gasteiger partial charge in [-0.15, -0.1) is 0 Å². The predicted octanol–water partition coefficient (Wildman–Crippen LogP) is 2.10. The number of amides is 1. The van der Waals surface area contributed by atoms with Crippen molar-refractivity contribution < 1.29 is 27.6 Å². The van der Waals surface area contributed by atoms with Crippen molar-refractivity contribution in [1.29, 1.82) is 0 Å². The molecule has 0 spiro atoms. The average molecular weight is 264 g/mol. The molecule has 1 N–H and O–H groups in total. The third kappa shape index (κ3) is 3.92. The Morgan fingerprint density at radius 3 is 2.61 bits per heavy atom. The first kappa shape index (κ1) is 13.7. The van der Waals surface area contributed by atoms with Crippen LogP contribution in [0.2, 0.25) is 0 Å². The van der Waals surface area contributed by atoms with Crippen LogP contribution in [0.3, 0.4) is 0 Å². The van der Waals surface area contributed by atoms with Gasteiger partial charge in [0.2, 0.25) is 6.41 Å². The van der Waals surface area contributed by atoms with E-state index in [1.807, 2.05) is 0 Å². The van der Waals surface area contributed by atoms with E-state index in [-0.39, 0.29) is 12.1 Å². The Labute approximate surface area is 98.5 Å². The smallest absolute Gasteiger partial charge is 0.422 e. The van der Waals surface area contributed by atoms with Crippen LogP contribution in [-0.4, -0.2) is 24.1 Å². The predicted molar refractivity (Wildman–Crippen MR) is 54.3 cm³/mol. The van der Waals surface area contributed by atoms with Crippen molar-refractivity contribution >= 4 is 17.8 Å². The lowest BCUT2D eigenvalue weighted by Gasteiger charge is -2.09. The maximum absolute atomic E-state index is 11.9. The molecule has 1 aromatic carbocycles. The molecule has 9 heteroatoms. The Bertz CT molecular complexity index is 462. The number of hydrogen-bond donors (Lipinski definition) is 1. The van der Waals surface area contributed by atoms with E-state index >= 15 is 0 Å². The lowest BCUT2D eigenvalue weighted by Crippen LogP contribution is -2.19. The molecular formula is C9H7F3N2O4. The van der Waals surface area contributed by atoms with Crippen molar-refractivity contribution in [2.75, 3.05) is 11.9 Å². The number of nitrogens with one attached hydrogen (secondary N) is 1. The zero-order valence-corrected chi connectivity index (χ0v) is 8.73. The molecule has 0 fully saturated rings. The highest BCUT2D eigenvalue weighted by Gasteiger charge is 2.30. The first-order valence-electron chi connectivity index (χ1n) is 4.51. The molecule has 0 atom stereocenters. The van der Waals surface area contributed by atoms with Gasteiger partial charge < -0.3 is 10.1 Å². The third-order valence-electron chi connectivity index (χ3n) is 1.77. The monoisotopic (exact) mass is 264 g/mol. The lowest BCUT2D eigenvalue weighted by atomic mass is 10.2. The van der Waals surface area contributed by atoms with Crippen LogP contribution in [-0.2, 0) is 4.79 Å². The Hall–Kier alpha value is -2.32. The molecule has 1 amide bonds. The van der Waals surface area contributed by atoms with E-state index in [0.29, 0.717) is 0 Å². The number of anilines is 1. The minimum atomic E-state index is -4.59. The quantitative estimate of drug-likeness (QED) is 0.501. The molecule has 0 saturated heterocycles. The van der Waals surface area contributed by atoms with Gasteiger partial charge in [-0.1, -0.05) is 0 Å². The van der Waals surface area contributed by atoms with Gasteiger partial charge in [0.05, 0.1) is 4.92 Å². The molecule has 98 valence electrons. The van der Waals surface area contributed by atoms with E-state index in [1.165, 1.54) is 6.07 Å².